The Morgan fingerprint density at radius 3 is 2.53 bits per heavy atom. The Labute approximate surface area is 195 Å². The molecule has 3 aromatic heterocycles. The number of benzene rings is 1. The van der Waals surface area contributed by atoms with Crippen molar-refractivity contribution in [3.05, 3.63) is 48.2 Å². The number of rotatable bonds is 7. The predicted octanol–water partition coefficient (Wildman–Crippen LogP) is 0.719. The SMILES string of the molecule is CN(CCN1CCN(c2ccc(C(N)=O)cc2)CC1)c1nc(N)n2nc(-c3ccco3)nc2n1. The van der Waals surface area contributed by atoms with E-state index in [9.17, 15) is 4.79 Å². The summed E-state index contributed by atoms with van der Waals surface area (Å²) in [6, 6.07) is 11.0. The zero-order valence-electron chi connectivity index (χ0n) is 18.8. The van der Waals surface area contributed by atoms with Gasteiger partial charge >= 0.3 is 0 Å². The van der Waals surface area contributed by atoms with Crippen molar-refractivity contribution in [2.24, 2.45) is 5.73 Å². The lowest BCUT2D eigenvalue weighted by molar-refractivity contribution is 0.100. The summed E-state index contributed by atoms with van der Waals surface area (Å²) in [6.07, 6.45) is 1.56. The van der Waals surface area contributed by atoms with Crippen molar-refractivity contribution in [3.8, 4) is 11.6 Å². The molecule has 1 fully saturated rings. The molecule has 34 heavy (non-hydrogen) atoms. The lowest BCUT2D eigenvalue weighted by Gasteiger charge is -2.36. The van der Waals surface area contributed by atoms with Crippen LogP contribution in [0.3, 0.4) is 0 Å². The number of fused-ring (bicyclic) bond motifs is 1. The van der Waals surface area contributed by atoms with Crippen LogP contribution in [0.2, 0.25) is 0 Å². The Kier molecular flexibility index (Phi) is 5.72. The maximum absolute atomic E-state index is 11.3. The van der Waals surface area contributed by atoms with Crippen LogP contribution < -0.4 is 21.3 Å². The second-order valence-corrected chi connectivity index (χ2v) is 8.17. The highest BCUT2D eigenvalue weighted by Gasteiger charge is 2.19. The molecule has 1 saturated heterocycles. The summed E-state index contributed by atoms with van der Waals surface area (Å²) in [7, 11) is 1.94. The van der Waals surface area contributed by atoms with Crippen LogP contribution in [0, 0.1) is 0 Å². The maximum Gasteiger partial charge on any atom is 0.259 e. The van der Waals surface area contributed by atoms with Gasteiger partial charge < -0.3 is 25.7 Å². The largest absolute Gasteiger partial charge is 0.461 e. The first-order valence-corrected chi connectivity index (χ1v) is 11.0. The normalized spacial score (nSPS) is 14.6. The van der Waals surface area contributed by atoms with Crippen molar-refractivity contribution < 1.29 is 9.21 Å². The number of nitrogen functional groups attached to an aromatic ring is 1. The molecular weight excluding hydrogens is 436 g/mol. The Hall–Kier alpha value is -4.19. The Balaban J connectivity index is 1.18. The number of anilines is 3. The van der Waals surface area contributed by atoms with E-state index in [1.54, 1.807) is 30.5 Å². The third-order valence-electron chi connectivity index (χ3n) is 5.95. The quantitative estimate of drug-likeness (QED) is 0.402. The van der Waals surface area contributed by atoms with Gasteiger partial charge in [0.2, 0.25) is 23.6 Å². The minimum atomic E-state index is -0.410. The second kappa shape index (κ2) is 8.98. The summed E-state index contributed by atoms with van der Waals surface area (Å²) in [5.41, 5.74) is 13.1. The molecule has 5 rings (SSSR count). The van der Waals surface area contributed by atoms with E-state index in [2.05, 4.69) is 29.9 Å². The molecule has 0 aliphatic carbocycles. The van der Waals surface area contributed by atoms with Crippen molar-refractivity contribution >= 4 is 29.3 Å². The van der Waals surface area contributed by atoms with Crippen LogP contribution in [0.4, 0.5) is 17.6 Å². The number of likely N-dealkylation sites (N-methyl/N-ethyl adjacent to an activating group) is 1. The molecule has 176 valence electrons. The predicted molar refractivity (Wildman–Crippen MR) is 128 cm³/mol. The maximum atomic E-state index is 11.3. The fraction of sp³-hybridized carbons (Fsp3) is 0.318. The molecule has 0 saturated carbocycles. The van der Waals surface area contributed by atoms with Gasteiger partial charge in [0.15, 0.2) is 5.76 Å². The summed E-state index contributed by atoms with van der Waals surface area (Å²) in [5.74, 6) is 1.63. The molecular formula is C22H26N10O2. The minimum Gasteiger partial charge on any atom is -0.461 e. The standard InChI is InChI=1S/C22H26N10O2/c1-29(21-26-20(24)32-22(27-21)25-19(28-32)17-3-2-14-34-17)8-9-30-10-12-31(13-11-30)16-6-4-15(5-7-16)18(23)33/h2-7,14H,8-13H2,1H3,(H2,23,33)(H2,24,25,26,27,28). The van der Waals surface area contributed by atoms with E-state index in [1.807, 2.05) is 24.1 Å². The molecule has 1 aliphatic rings. The topological polar surface area (TPSA) is 148 Å². The fourth-order valence-corrected chi connectivity index (χ4v) is 3.93. The van der Waals surface area contributed by atoms with Crippen molar-refractivity contribution in [2.45, 2.75) is 0 Å². The van der Waals surface area contributed by atoms with Gasteiger partial charge in [0.05, 0.1) is 6.26 Å². The summed E-state index contributed by atoms with van der Waals surface area (Å²) < 4.78 is 6.76. The van der Waals surface area contributed by atoms with Gasteiger partial charge in [0.25, 0.3) is 5.78 Å². The summed E-state index contributed by atoms with van der Waals surface area (Å²) in [4.78, 5) is 31.3. The average Bonchev–Trinajstić information content (AvgIpc) is 3.53. The van der Waals surface area contributed by atoms with Gasteiger partial charge in [-0.3, -0.25) is 9.69 Å². The number of piperazine rings is 1. The summed E-state index contributed by atoms with van der Waals surface area (Å²) in [5, 5.41) is 4.33. The first kappa shape index (κ1) is 21.6. The smallest absolute Gasteiger partial charge is 0.259 e. The van der Waals surface area contributed by atoms with Gasteiger partial charge in [0.1, 0.15) is 0 Å². The van der Waals surface area contributed by atoms with Crippen LogP contribution in [-0.4, -0.2) is 81.7 Å². The monoisotopic (exact) mass is 462 g/mol. The van der Waals surface area contributed by atoms with E-state index >= 15 is 0 Å². The van der Waals surface area contributed by atoms with Crippen LogP contribution in [0.1, 0.15) is 10.4 Å². The van der Waals surface area contributed by atoms with Crippen LogP contribution >= 0.6 is 0 Å². The van der Waals surface area contributed by atoms with E-state index in [0.29, 0.717) is 28.9 Å². The number of carbonyl (C=O) groups is 1. The van der Waals surface area contributed by atoms with Gasteiger partial charge in [-0.25, -0.2) is 0 Å². The molecule has 0 radical (unpaired) electrons. The number of amides is 1. The molecule has 0 unspecified atom stereocenters. The number of nitrogens with zero attached hydrogens (tertiary/aromatic N) is 8. The minimum absolute atomic E-state index is 0.216. The van der Waals surface area contributed by atoms with Gasteiger partial charge in [-0.1, -0.05) is 0 Å². The molecule has 12 heteroatoms. The average molecular weight is 463 g/mol. The number of furan rings is 1. The molecule has 12 nitrogen and oxygen atoms in total. The Bertz CT molecular complexity index is 1280. The summed E-state index contributed by atoms with van der Waals surface area (Å²) >= 11 is 0. The number of aromatic nitrogens is 5. The van der Waals surface area contributed by atoms with Crippen LogP contribution in [-0.2, 0) is 0 Å². The highest BCUT2D eigenvalue weighted by molar-refractivity contribution is 5.93. The first-order chi connectivity index (χ1) is 16.5. The molecule has 1 aromatic carbocycles. The van der Waals surface area contributed by atoms with E-state index in [0.717, 1.165) is 45.0 Å². The number of primary amides is 1. The van der Waals surface area contributed by atoms with Crippen molar-refractivity contribution in [1.82, 2.24) is 29.5 Å². The van der Waals surface area contributed by atoms with E-state index in [1.165, 1.54) is 4.52 Å². The molecule has 4 heterocycles. The lowest BCUT2D eigenvalue weighted by atomic mass is 10.1. The Morgan fingerprint density at radius 2 is 1.85 bits per heavy atom. The first-order valence-electron chi connectivity index (χ1n) is 11.0. The van der Waals surface area contributed by atoms with Crippen LogP contribution in [0.25, 0.3) is 17.4 Å². The van der Waals surface area contributed by atoms with Gasteiger partial charge in [-0.2, -0.15) is 19.5 Å². The van der Waals surface area contributed by atoms with Gasteiger partial charge in [0, 0.05) is 57.6 Å². The molecule has 0 spiro atoms. The fourth-order valence-electron chi connectivity index (χ4n) is 3.93. The van der Waals surface area contributed by atoms with Crippen LogP contribution in [0.5, 0.6) is 0 Å². The number of carbonyl (C=O) groups excluding carboxylic acids is 1. The number of hydrogen-bond donors (Lipinski definition) is 2. The molecule has 4 N–H and O–H groups in total. The van der Waals surface area contributed by atoms with Gasteiger partial charge in [-0.15, -0.1) is 5.10 Å². The third-order valence-corrected chi connectivity index (χ3v) is 5.95. The Morgan fingerprint density at radius 1 is 1.09 bits per heavy atom. The van der Waals surface area contributed by atoms with Crippen molar-refractivity contribution in [1.29, 1.82) is 0 Å². The van der Waals surface area contributed by atoms with E-state index in [4.69, 9.17) is 15.9 Å². The molecule has 1 aliphatic heterocycles. The van der Waals surface area contributed by atoms with E-state index < -0.39 is 5.91 Å². The third kappa shape index (κ3) is 4.35. The highest BCUT2D eigenvalue weighted by atomic mass is 16.3. The highest BCUT2D eigenvalue weighted by Crippen LogP contribution is 2.19. The van der Waals surface area contributed by atoms with Crippen LogP contribution in [0.15, 0.2) is 47.1 Å². The molecule has 0 bridgehead atoms. The van der Waals surface area contributed by atoms with Gasteiger partial charge in [-0.05, 0) is 36.4 Å². The molecule has 4 aromatic rings. The second-order valence-electron chi connectivity index (χ2n) is 8.17. The summed E-state index contributed by atoms with van der Waals surface area (Å²) in [6.45, 7) is 5.29. The number of nitrogens with two attached hydrogens (primary N) is 2. The van der Waals surface area contributed by atoms with Crippen molar-refractivity contribution in [2.75, 3.05) is 61.8 Å². The number of hydrogen-bond acceptors (Lipinski definition) is 10. The van der Waals surface area contributed by atoms with E-state index in [-0.39, 0.29) is 5.95 Å². The van der Waals surface area contributed by atoms with Crippen molar-refractivity contribution in [3.63, 3.8) is 0 Å². The molecule has 0 atom stereocenters. The lowest BCUT2D eigenvalue weighted by Crippen LogP contribution is -2.48. The zero-order chi connectivity index (χ0) is 23.7. The molecule has 1 amide bonds. The zero-order valence-corrected chi connectivity index (χ0v) is 18.8.